The molecule has 7 heteroatoms. The number of anilines is 1. The van der Waals surface area contributed by atoms with Gasteiger partial charge < -0.3 is 14.7 Å². The van der Waals surface area contributed by atoms with Crippen molar-refractivity contribution in [3.05, 3.63) is 65.2 Å². The van der Waals surface area contributed by atoms with Crippen LogP contribution in [0.4, 0.5) is 10.5 Å². The molecule has 2 aromatic carbocycles. The van der Waals surface area contributed by atoms with Gasteiger partial charge in [-0.05, 0) is 42.7 Å². The number of guanidine groups is 1. The normalized spacial score (nSPS) is 23.1. The number of hydrogen-bond donors (Lipinski definition) is 0. The molecule has 0 saturated carbocycles. The Balaban J connectivity index is 1.45. The van der Waals surface area contributed by atoms with Crippen LogP contribution in [0, 0.1) is 13.8 Å². The summed E-state index contributed by atoms with van der Waals surface area (Å²) in [6.07, 6.45) is -0.485. The van der Waals surface area contributed by atoms with Crippen LogP contribution in [-0.2, 0) is 11.3 Å². The summed E-state index contributed by atoms with van der Waals surface area (Å²) < 4.78 is 0. The first-order chi connectivity index (χ1) is 14.5. The third-order valence-corrected chi connectivity index (χ3v) is 6.28. The van der Waals surface area contributed by atoms with Gasteiger partial charge in [-0.2, -0.15) is 0 Å². The second kappa shape index (κ2) is 6.86. The number of carbonyl (C=O) groups is 2. The van der Waals surface area contributed by atoms with Gasteiger partial charge in [0.1, 0.15) is 0 Å². The van der Waals surface area contributed by atoms with E-state index in [-0.39, 0.29) is 18.5 Å². The highest BCUT2D eigenvalue weighted by molar-refractivity contribution is 6.08. The van der Waals surface area contributed by atoms with E-state index in [1.807, 2.05) is 37.3 Å². The number of likely N-dealkylation sites (N-methyl/N-ethyl adjacent to an activating group) is 1. The Labute approximate surface area is 176 Å². The number of aryl methyl sites for hydroxylation is 2. The van der Waals surface area contributed by atoms with Crippen molar-refractivity contribution in [3.63, 3.8) is 0 Å². The van der Waals surface area contributed by atoms with E-state index in [0.717, 1.165) is 29.3 Å². The zero-order valence-electron chi connectivity index (χ0n) is 17.4. The summed E-state index contributed by atoms with van der Waals surface area (Å²) in [7, 11) is 1.74. The molecule has 0 N–H and O–H groups in total. The predicted octanol–water partition coefficient (Wildman–Crippen LogP) is 2.58. The number of hydrogen-bond acceptors (Lipinski definition) is 5. The highest BCUT2D eigenvalue weighted by Gasteiger charge is 2.54. The third kappa shape index (κ3) is 2.76. The van der Waals surface area contributed by atoms with Gasteiger partial charge in [-0.25, -0.2) is 9.79 Å². The Hall–Kier alpha value is -3.35. The van der Waals surface area contributed by atoms with Gasteiger partial charge in [0.05, 0.1) is 6.54 Å². The predicted molar refractivity (Wildman–Crippen MR) is 115 cm³/mol. The largest absolute Gasteiger partial charge is 0.328 e. The van der Waals surface area contributed by atoms with Crippen molar-refractivity contribution in [1.29, 1.82) is 0 Å². The highest BCUT2D eigenvalue weighted by Crippen LogP contribution is 2.34. The molecule has 5 rings (SSSR count). The number of carbonyl (C=O) groups excluding carboxylic acids is 2. The average molecular weight is 403 g/mol. The van der Waals surface area contributed by atoms with Crippen LogP contribution < -0.4 is 4.90 Å². The molecular formula is C23H25N5O2. The summed E-state index contributed by atoms with van der Waals surface area (Å²) in [5, 5.41) is 0. The Kier molecular flexibility index (Phi) is 4.27. The van der Waals surface area contributed by atoms with Crippen molar-refractivity contribution in [2.45, 2.75) is 32.6 Å². The molecule has 0 aliphatic carbocycles. The van der Waals surface area contributed by atoms with Gasteiger partial charge in [-0.1, -0.05) is 36.4 Å². The lowest BCUT2D eigenvalue weighted by Gasteiger charge is -2.40. The maximum absolute atomic E-state index is 13.5. The van der Waals surface area contributed by atoms with Crippen molar-refractivity contribution >= 4 is 23.6 Å². The molecule has 30 heavy (non-hydrogen) atoms. The molecule has 3 aliphatic heterocycles. The third-order valence-electron chi connectivity index (χ3n) is 6.28. The molecule has 154 valence electrons. The quantitative estimate of drug-likeness (QED) is 0.791. The molecule has 2 atom stereocenters. The number of nitrogens with zero attached hydrogens (tertiary/aromatic N) is 5. The van der Waals surface area contributed by atoms with Crippen molar-refractivity contribution in [3.8, 4) is 0 Å². The number of urea groups is 1. The smallest absolute Gasteiger partial charge is 0.325 e. The molecule has 3 aliphatic rings. The second-order valence-electron chi connectivity index (χ2n) is 8.22. The molecule has 3 heterocycles. The van der Waals surface area contributed by atoms with Gasteiger partial charge in [-0.15, -0.1) is 0 Å². The van der Waals surface area contributed by atoms with Crippen molar-refractivity contribution in [1.82, 2.24) is 14.7 Å². The summed E-state index contributed by atoms with van der Waals surface area (Å²) >= 11 is 0. The minimum absolute atomic E-state index is 0.170. The van der Waals surface area contributed by atoms with Gasteiger partial charge in [0.2, 0.25) is 5.96 Å². The van der Waals surface area contributed by atoms with Crippen LogP contribution in [0.5, 0.6) is 0 Å². The summed E-state index contributed by atoms with van der Waals surface area (Å²) in [6, 6.07) is 15.4. The lowest BCUT2D eigenvalue weighted by atomic mass is 10.1. The molecule has 3 amide bonds. The highest BCUT2D eigenvalue weighted by atomic mass is 16.2. The molecule has 2 unspecified atom stereocenters. The van der Waals surface area contributed by atoms with Crippen LogP contribution in [0.2, 0.25) is 0 Å². The lowest BCUT2D eigenvalue weighted by molar-refractivity contribution is -0.137. The number of imide groups is 1. The van der Waals surface area contributed by atoms with E-state index >= 15 is 0 Å². The van der Waals surface area contributed by atoms with Gasteiger partial charge in [0.25, 0.3) is 5.91 Å². The van der Waals surface area contributed by atoms with Crippen LogP contribution in [0.1, 0.15) is 16.7 Å². The fourth-order valence-corrected chi connectivity index (χ4v) is 4.58. The lowest BCUT2D eigenvalue weighted by Crippen LogP contribution is -2.64. The molecule has 0 radical (unpaired) electrons. The fourth-order valence-electron chi connectivity index (χ4n) is 4.58. The number of fused-ring (bicyclic) bond motifs is 3. The van der Waals surface area contributed by atoms with Crippen molar-refractivity contribution in [2.75, 3.05) is 25.0 Å². The topological polar surface area (TPSA) is 59.5 Å². The van der Waals surface area contributed by atoms with E-state index in [0.29, 0.717) is 6.54 Å². The minimum Gasteiger partial charge on any atom is -0.325 e. The first-order valence-electron chi connectivity index (χ1n) is 10.3. The van der Waals surface area contributed by atoms with Gasteiger partial charge in [0, 0.05) is 25.8 Å². The zero-order valence-corrected chi connectivity index (χ0v) is 17.4. The molecule has 0 spiro atoms. The molecule has 0 aromatic heterocycles. The molecule has 2 aromatic rings. The Morgan fingerprint density at radius 2 is 1.83 bits per heavy atom. The maximum Gasteiger partial charge on any atom is 0.328 e. The van der Waals surface area contributed by atoms with Crippen LogP contribution in [0.25, 0.3) is 0 Å². The van der Waals surface area contributed by atoms with Crippen LogP contribution in [0.3, 0.4) is 0 Å². The van der Waals surface area contributed by atoms with Crippen LogP contribution >= 0.6 is 0 Å². The van der Waals surface area contributed by atoms with Crippen LogP contribution in [0.15, 0.2) is 53.5 Å². The monoisotopic (exact) mass is 403 g/mol. The number of benzene rings is 2. The maximum atomic E-state index is 13.5. The van der Waals surface area contributed by atoms with E-state index in [9.17, 15) is 9.59 Å². The molecule has 2 fully saturated rings. The van der Waals surface area contributed by atoms with Gasteiger partial charge in [0.15, 0.2) is 12.2 Å². The van der Waals surface area contributed by atoms with E-state index in [1.165, 1.54) is 10.5 Å². The van der Waals surface area contributed by atoms with E-state index in [2.05, 4.69) is 34.9 Å². The summed E-state index contributed by atoms with van der Waals surface area (Å²) in [5.74, 6) is 0.609. The van der Waals surface area contributed by atoms with Gasteiger partial charge in [-0.3, -0.25) is 9.69 Å². The van der Waals surface area contributed by atoms with E-state index in [1.54, 1.807) is 11.9 Å². The summed E-state index contributed by atoms with van der Waals surface area (Å²) in [6.45, 7) is 5.82. The first kappa shape index (κ1) is 18.7. The van der Waals surface area contributed by atoms with Crippen molar-refractivity contribution in [2.24, 2.45) is 4.99 Å². The Morgan fingerprint density at radius 1 is 1.03 bits per heavy atom. The average Bonchev–Trinajstić information content (AvgIpc) is 3.30. The number of aliphatic imine (C=N–C) groups is 1. The summed E-state index contributed by atoms with van der Waals surface area (Å²) in [4.78, 5) is 38.5. The Bertz CT molecular complexity index is 1070. The molecule has 2 saturated heterocycles. The van der Waals surface area contributed by atoms with E-state index < -0.39 is 12.2 Å². The SMILES string of the molecule is Cc1cccc(N2CCN3C2=NC2C3C(=O)N(Cc3ccccc3C)C(=O)N2C)c1. The summed E-state index contributed by atoms with van der Waals surface area (Å²) in [5.41, 5.74) is 4.29. The van der Waals surface area contributed by atoms with Gasteiger partial charge >= 0.3 is 6.03 Å². The minimum atomic E-state index is -0.485. The van der Waals surface area contributed by atoms with E-state index in [4.69, 9.17) is 4.99 Å². The van der Waals surface area contributed by atoms with Crippen molar-refractivity contribution < 1.29 is 9.59 Å². The second-order valence-corrected chi connectivity index (χ2v) is 8.22. The molecule has 7 nitrogen and oxygen atoms in total. The first-order valence-corrected chi connectivity index (χ1v) is 10.3. The standard InChI is InChI=1S/C23H25N5O2/c1-15-7-6-10-18(13-15)26-11-12-27-19-20(24-22(26)27)25(3)23(30)28(21(19)29)14-17-9-5-4-8-16(17)2/h4-10,13,19-20H,11-12,14H2,1-3H3. The molecule has 0 bridgehead atoms. The number of rotatable bonds is 3. The zero-order chi connectivity index (χ0) is 21.0. The number of amides is 3. The fraction of sp³-hybridized carbons (Fsp3) is 0.348. The Morgan fingerprint density at radius 3 is 2.60 bits per heavy atom. The molecular weight excluding hydrogens is 378 g/mol. The van der Waals surface area contributed by atoms with Crippen LogP contribution in [-0.4, -0.2) is 64.9 Å².